The van der Waals surface area contributed by atoms with E-state index in [1.807, 2.05) is 45.0 Å². The van der Waals surface area contributed by atoms with Crippen LogP contribution in [-0.4, -0.2) is 42.0 Å². The van der Waals surface area contributed by atoms with Crippen LogP contribution in [0.5, 0.6) is 5.75 Å². The Morgan fingerprint density at radius 3 is 1.84 bits per heavy atom. The quantitative estimate of drug-likeness (QED) is 0.254. The summed E-state index contributed by atoms with van der Waals surface area (Å²) in [7, 11) is 0. The van der Waals surface area contributed by atoms with Crippen LogP contribution in [-0.2, 0) is 5.60 Å². The van der Waals surface area contributed by atoms with E-state index >= 15 is 0 Å². The Balaban J connectivity index is 1.31. The van der Waals surface area contributed by atoms with Gasteiger partial charge < -0.3 is 14.7 Å². The maximum Gasteiger partial charge on any atom is 0.168 e. The third-order valence-electron chi connectivity index (χ3n) is 7.43. The average Bonchev–Trinajstić information content (AvgIpc) is 2.91. The molecule has 3 aromatic carbocycles. The average molecular weight is 522 g/mol. The highest BCUT2D eigenvalue weighted by Crippen LogP contribution is 2.42. The van der Waals surface area contributed by atoms with Crippen molar-refractivity contribution in [2.45, 2.75) is 45.6 Å². The molecule has 0 atom stereocenters. The fraction of sp³-hybridized carbons (Fsp3) is 0.406. The number of likely N-dealkylation sites (tertiary alicyclic amines) is 1. The first-order valence-electron chi connectivity index (χ1n) is 13.3. The molecule has 3 aromatic rings. The van der Waals surface area contributed by atoms with Gasteiger partial charge in [0.15, 0.2) is 5.78 Å². The van der Waals surface area contributed by atoms with Crippen LogP contribution in [0.3, 0.4) is 0 Å². The first-order chi connectivity index (χ1) is 18.1. The van der Waals surface area contributed by atoms with Crippen molar-refractivity contribution in [2.75, 3.05) is 26.2 Å². The minimum absolute atomic E-state index is 0.0831. The Hall–Kier alpha value is -3.09. The summed E-state index contributed by atoms with van der Waals surface area (Å²) in [5.41, 5.74) is 0.190. The van der Waals surface area contributed by atoms with Crippen molar-refractivity contribution in [3.63, 3.8) is 0 Å². The van der Waals surface area contributed by atoms with Gasteiger partial charge in [0.1, 0.15) is 23.0 Å². The largest absolute Gasteiger partial charge is 0.494 e. The van der Waals surface area contributed by atoms with Crippen LogP contribution in [0.15, 0.2) is 72.8 Å². The maximum absolute atomic E-state index is 13.6. The zero-order valence-corrected chi connectivity index (χ0v) is 22.4. The number of benzene rings is 3. The van der Waals surface area contributed by atoms with Gasteiger partial charge in [0.05, 0.1) is 6.61 Å². The van der Waals surface area contributed by atoms with Crippen LogP contribution in [0.2, 0.25) is 0 Å². The molecule has 4 rings (SSSR count). The summed E-state index contributed by atoms with van der Waals surface area (Å²) in [6, 6.07) is 19.2. The molecule has 0 radical (unpaired) electrons. The van der Waals surface area contributed by atoms with E-state index in [1.54, 1.807) is 24.3 Å². The Morgan fingerprint density at radius 2 is 1.37 bits per heavy atom. The van der Waals surface area contributed by atoms with E-state index in [9.17, 15) is 18.7 Å². The number of carbonyl (C=O) groups excluding carboxylic acids is 1. The van der Waals surface area contributed by atoms with Crippen molar-refractivity contribution in [1.82, 2.24) is 4.90 Å². The Bertz CT molecular complexity index is 1150. The molecule has 0 bridgehead atoms. The van der Waals surface area contributed by atoms with Crippen LogP contribution < -0.4 is 4.74 Å². The molecule has 4 nitrogen and oxygen atoms in total. The standard InChI is InChI=1S/C32H37F2NO3/c1-31(2,3)30(36)23-5-15-29(16-6-23)38-22-4-19-35-20-17-26(18-21-35)32(37,24-7-11-27(33)12-8-24)25-9-13-28(34)14-10-25/h5-16,26,37H,4,17-22H2,1-3H3. The molecule has 202 valence electrons. The monoisotopic (exact) mass is 521 g/mol. The zero-order chi connectivity index (χ0) is 27.3. The van der Waals surface area contributed by atoms with E-state index in [1.165, 1.54) is 24.3 Å². The number of Topliss-reactive ketones (excluding diaryl/α,β-unsaturated/α-hetero) is 1. The Labute approximate surface area is 224 Å². The van der Waals surface area contributed by atoms with E-state index in [2.05, 4.69) is 4.90 Å². The van der Waals surface area contributed by atoms with Crippen molar-refractivity contribution >= 4 is 5.78 Å². The van der Waals surface area contributed by atoms with Crippen LogP contribution in [0, 0.1) is 23.0 Å². The molecule has 1 aliphatic heterocycles. The predicted molar refractivity (Wildman–Crippen MR) is 145 cm³/mol. The number of hydrogen-bond donors (Lipinski definition) is 1. The predicted octanol–water partition coefficient (Wildman–Crippen LogP) is 6.61. The Morgan fingerprint density at radius 1 is 0.868 bits per heavy atom. The van der Waals surface area contributed by atoms with Crippen LogP contribution in [0.1, 0.15) is 61.5 Å². The summed E-state index contributed by atoms with van der Waals surface area (Å²) in [5.74, 6) is 0.0550. The number of carbonyl (C=O) groups is 1. The molecule has 1 saturated heterocycles. The molecule has 0 aliphatic carbocycles. The molecule has 0 unspecified atom stereocenters. The highest BCUT2D eigenvalue weighted by molar-refractivity contribution is 5.99. The van der Waals surface area contributed by atoms with Crippen molar-refractivity contribution < 1.29 is 23.4 Å². The lowest BCUT2D eigenvalue weighted by Gasteiger charge is -2.42. The molecule has 1 fully saturated rings. The minimum atomic E-state index is -1.32. The zero-order valence-electron chi connectivity index (χ0n) is 22.4. The first-order valence-corrected chi connectivity index (χ1v) is 13.3. The molecule has 0 aromatic heterocycles. The van der Waals surface area contributed by atoms with Gasteiger partial charge in [-0.25, -0.2) is 8.78 Å². The lowest BCUT2D eigenvalue weighted by Crippen LogP contribution is -2.44. The third-order valence-corrected chi connectivity index (χ3v) is 7.43. The van der Waals surface area contributed by atoms with Crippen molar-refractivity contribution in [1.29, 1.82) is 0 Å². The molecule has 1 heterocycles. The molecule has 38 heavy (non-hydrogen) atoms. The minimum Gasteiger partial charge on any atom is -0.494 e. The van der Waals surface area contributed by atoms with Crippen LogP contribution in [0.25, 0.3) is 0 Å². The number of rotatable bonds is 9. The number of piperidine rings is 1. The van der Waals surface area contributed by atoms with Crippen LogP contribution >= 0.6 is 0 Å². The number of hydrogen-bond acceptors (Lipinski definition) is 4. The SMILES string of the molecule is CC(C)(C)C(=O)c1ccc(OCCCN2CCC(C(O)(c3ccc(F)cc3)c3ccc(F)cc3)CC2)cc1. The van der Waals surface area contributed by atoms with Crippen LogP contribution in [0.4, 0.5) is 8.78 Å². The van der Waals surface area contributed by atoms with Gasteiger partial charge in [-0.3, -0.25) is 4.79 Å². The number of ether oxygens (including phenoxy) is 1. The first kappa shape index (κ1) is 27.9. The number of aliphatic hydroxyl groups is 1. The van der Waals surface area contributed by atoms with Gasteiger partial charge >= 0.3 is 0 Å². The van der Waals surface area contributed by atoms with Crippen molar-refractivity contribution in [3.8, 4) is 5.75 Å². The number of halogens is 2. The molecular weight excluding hydrogens is 484 g/mol. The smallest absolute Gasteiger partial charge is 0.168 e. The highest BCUT2D eigenvalue weighted by Gasteiger charge is 2.41. The van der Waals surface area contributed by atoms with Crippen molar-refractivity contribution in [2.24, 2.45) is 11.3 Å². The highest BCUT2D eigenvalue weighted by atomic mass is 19.1. The summed E-state index contributed by atoms with van der Waals surface area (Å²) in [6.45, 7) is 8.82. The second kappa shape index (κ2) is 11.7. The molecule has 1 N–H and O–H groups in total. The van der Waals surface area contributed by atoms with E-state index in [0.717, 1.165) is 44.6 Å². The summed E-state index contributed by atoms with van der Waals surface area (Å²) in [6.07, 6.45) is 2.37. The summed E-state index contributed by atoms with van der Waals surface area (Å²) in [4.78, 5) is 14.8. The van der Waals surface area contributed by atoms with Gasteiger partial charge in [-0.2, -0.15) is 0 Å². The molecule has 0 amide bonds. The van der Waals surface area contributed by atoms with E-state index in [4.69, 9.17) is 4.74 Å². The second-order valence-electron chi connectivity index (χ2n) is 11.2. The number of ketones is 1. The van der Waals surface area contributed by atoms with E-state index < -0.39 is 11.0 Å². The van der Waals surface area contributed by atoms with E-state index in [-0.39, 0.29) is 23.3 Å². The van der Waals surface area contributed by atoms with Gasteiger partial charge in [-0.15, -0.1) is 0 Å². The van der Waals surface area contributed by atoms with Gasteiger partial charge in [-0.05, 0) is 97.9 Å². The normalized spacial score (nSPS) is 15.4. The molecule has 1 aliphatic rings. The lowest BCUT2D eigenvalue weighted by atomic mass is 9.72. The van der Waals surface area contributed by atoms with E-state index in [0.29, 0.717) is 23.3 Å². The summed E-state index contributed by atoms with van der Waals surface area (Å²) in [5, 5.41) is 12.0. The fourth-order valence-electron chi connectivity index (χ4n) is 5.23. The van der Waals surface area contributed by atoms with Gasteiger partial charge in [-0.1, -0.05) is 45.0 Å². The van der Waals surface area contributed by atoms with Gasteiger partial charge in [0.2, 0.25) is 0 Å². The fourth-order valence-corrected chi connectivity index (χ4v) is 5.23. The summed E-state index contributed by atoms with van der Waals surface area (Å²) >= 11 is 0. The summed E-state index contributed by atoms with van der Waals surface area (Å²) < 4.78 is 33.1. The molecule has 0 saturated carbocycles. The Kier molecular flexibility index (Phi) is 8.64. The van der Waals surface area contributed by atoms with Gasteiger partial charge in [0.25, 0.3) is 0 Å². The maximum atomic E-state index is 13.6. The topological polar surface area (TPSA) is 49.8 Å². The number of nitrogens with zero attached hydrogens (tertiary/aromatic N) is 1. The third kappa shape index (κ3) is 6.48. The molecule has 0 spiro atoms. The van der Waals surface area contributed by atoms with Gasteiger partial charge in [0, 0.05) is 17.5 Å². The molecule has 6 heteroatoms. The lowest BCUT2D eigenvalue weighted by molar-refractivity contribution is -0.0147. The molecular formula is C32H37F2NO3. The second-order valence-corrected chi connectivity index (χ2v) is 11.2. The van der Waals surface area contributed by atoms with Crippen molar-refractivity contribution in [3.05, 3.63) is 101 Å².